The summed E-state index contributed by atoms with van der Waals surface area (Å²) in [6.45, 7) is 2.08. The molecule has 0 amide bonds. The minimum atomic E-state index is 0.858. The Morgan fingerprint density at radius 3 is 3.10 bits per heavy atom. The van der Waals surface area contributed by atoms with E-state index in [1.54, 1.807) is 29.4 Å². The van der Waals surface area contributed by atoms with Crippen molar-refractivity contribution in [1.29, 1.82) is 0 Å². The smallest absolute Gasteiger partial charge is 0.172 e. The summed E-state index contributed by atoms with van der Waals surface area (Å²) in [5.41, 5.74) is 3.26. The summed E-state index contributed by atoms with van der Waals surface area (Å²) in [6, 6.07) is 8.26. The molecule has 4 nitrogen and oxygen atoms in total. The van der Waals surface area contributed by atoms with Crippen LogP contribution in [0.5, 0.6) is 0 Å². The molecule has 0 saturated heterocycles. The largest absolute Gasteiger partial charge is 0.333 e. The zero-order valence-electron chi connectivity index (χ0n) is 10.6. The Labute approximate surface area is 123 Å². The maximum absolute atomic E-state index is 4.59. The maximum Gasteiger partial charge on any atom is 0.172 e. The van der Waals surface area contributed by atoms with Crippen molar-refractivity contribution in [2.75, 3.05) is 0 Å². The molecule has 0 aliphatic rings. The van der Waals surface area contributed by atoms with E-state index in [0.717, 1.165) is 31.4 Å². The van der Waals surface area contributed by atoms with Gasteiger partial charge in [0.05, 0.1) is 11.0 Å². The van der Waals surface area contributed by atoms with E-state index < -0.39 is 0 Å². The first kappa shape index (κ1) is 11.9. The number of H-pyrrole nitrogens is 1. The molecule has 98 valence electrons. The minimum absolute atomic E-state index is 0.858. The molecule has 0 bridgehead atoms. The highest BCUT2D eigenvalue weighted by atomic mass is 32.2. The predicted molar refractivity (Wildman–Crippen MR) is 82.4 cm³/mol. The highest BCUT2D eigenvalue weighted by Crippen LogP contribution is 2.32. The van der Waals surface area contributed by atoms with Crippen molar-refractivity contribution in [1.82, 2.24) is 19.9 Å². The fraction of sp³-hybridized carbons (Fsp3) is 0.0714. The summed E-state index contributed by atoms with van der Waals surface area (Å²) in [5.74, 6) is 0. The fourth-order valence-electron chi connectivity index (χ4n) is 2.09. The second-order valence-corrected chi connectivity index (χ2v) is 6.35. The Balaban J connectivity index is 1.78. The SMILES string of the molecule is Cc1ccc2nc(Sc3ncnc4sccc34)[nH]c2c1. The number of thiophene rings is 1. The van der Waals surface area contributed by atoms with Crippen LogP contribution in [0.25, 0.3) is 21.3 Å². The van der Waals surface area contributed by atoms with Gasteiger partial charge in [0.15, 0.2) is 5.16 Å². The van der Waals surface area contributed by atoms with Gasteiger partial charge < -0.3 is 4.98 Å². The molecule has 4 rings (SSSR count). The molecule has 1 N–H and O–H groups in total. The number of fused-ring (bicyclic) bond motifs is 2. The van der Waals surface area contributed by atoms with Gasteiger partial charge in [0.1, 0.15) is 16.2 Å². The molecule has 1 aromatic carbocycles. The number of aromatic nitrogens is 4. The van der Waals surface area contributed by atoms with Crippen LogP contribution < -0.4 is 0 Å². The van der Waals surface area contributed by atoms with Gasteiger partial charge in [0.2, 0.25) is 0 Å². The van der Waals surface area contributed by atoms with Gasteiger partial charge in [-0.2, -0.15) is 0 Å². The van der Waals surface area contributed by atoms with Crippen LogP contribution in [-0.2, 0) is 0 Å². The van der Waals surface area contributed by atoms with Gasteiger partial charge in [-0.05, 0) is 47.8 Å². The number of imidazole rings is 1. The molecule has 0 unspecified atom stereocenters. The van der Waals surface area contributed by atoms with Crippen LogP contribution >= 0.6 is 23.1 Å². The summed E-state index contributed by atoms with van der Waals surface area (Å²) >= 11 is 3.17. The maximum atomic E-state index is 4.59. The van der Waals surface area contributed by atoms with Gasteiger partial charge in [-0.25, -0.2) is 15.0 Å². The quantitative estimate of drug-likeness (QED) is 0.568. The monoisotopic (exact) mass is 298 g/mol. The first-order valence-corrected chi connectivity index (χ1v) is 7.82. The normalized spacial score (nSPS) is 11.4. The molecular weight excluding hydrogens is 288 g/mol. The van der Waals surface area contributed by atoms with Crippen LogP contribution in [0.15, 0.2) is 46.2 Å². The summed E-state index contributed by atoms with van der Waals surface area (Å²) in [4.78, 5) is 17.6. The molecule has 20 heavy (non-hydrogen) atoms. The Kier molecular flexibility index (Phi) is 2.71. The lowest BCUT2D eigenvalue weighted by atomic mass is 10.2. The number of hydrogen-bond acceptors (Lipinski definition) is 5. The second-order valence-electron chi connectivity index (χ2n) is 4.48. The van der Waals surface area contributed by atoms with Crippen LogP contribution in [0, 0.1) is 6.92 Å². The van der Waals surface area contributed by atoms with Crippen molar-refractivity contribution in [2.24, 2.45) is 0 Å². The van der Waals surface area contributed by atoms with E-state index in [-0.39, 0.29) is 0 Å². The van der Waals surface area contributed by atoms with Crippen molar-refractivity contribution in [3.63, 3.8) is 0 Å². The second kappa shape index (κ2) is 4.57. The topological polar surface area (TPSA) is 54.5 Å². The Morgan fingerprint density at radius 1 is 1.20 bits per heavy atom. The molecule has 0 aliphatic carbocycles. The van der Waals surface area contributed by atoms with Gasteiger partial charge in [0.25, 0.3) is 0 Å². The minimum Gasteiger partial charge on any atom is -0.333 e. The predicted octanol–water partition coefficient (Wildman–Crippen LogP) is 4.03. The van der Waals surface area contributed by atoms with E-state index in [9.17, 15) is 0 Å². The average molecular weight is 298 g/mol. The van der Waals surface area contributed by atoms with Crippen molar-refractivity contribution >= 4 is 44.3 Å². The highest BCUT2D eigenvalue weighted by Gasteiger charge is 2.10. The zero-order chi connectivity index (χ0) is 13.5. The molecule has 0 spiro atoms. The number of aryl methyl sites for hydroxylation is 1. The number of aromatic amines is 1. The van der Waals surface area contributed by atoms with Crippen molar-refractivity contribution in [3.8, 4) is 0 Å². The van der Waals surface area contributed by atoms with E-state index in [1.165, 1.54) is 5.56 Å². The lowest BCUT2D eigenvalue weighted by molar-refractivity contribution is 1.05. The molecule has 4 aromatic rings. The molecule has 0 aliphatic heterocycles. The van der Waals surface area contributed by atoms with Crippen molar-refractivity contribution in [3.05, 3.63) is 41.5 Å². The molecule has 0 saturated carbocycles. The van der Waals surface area contributed by atoms with Gasteiger partial charge in [0, 0.05) is 5.39 Å². The van der Waals surface area contributed by atoms with Gasteiger partial charge in [-0.1, -0.05) is 6.07 Å². The Bertz CT molecular complexity index is 910. The highest BCUT2D eigenvalue weighted by molar-refractivity contribution is 7.99. The van der Waals surface area contributed by atoms with E-state index in [1.807, 2.05) is 11.4 Å². The van der Waals surface area contributed by atoms with Crippen LogP contribution in [0.3, 0.4) is 0 Å². The summed E-state index contributed by atoms with van der Waals surface area (Å²) in [7, 11) is 0. The number of benzene rings is 1. The third-order valence-electron chi connectivity index (χ3n) is 3.03. The van der Waals surface area contributed by atoms with Gasteiger partial charge in [-0.3, -0.25) is 0 Å². The molecule has 3 heterocycles. The van der Waals surface area contributed by atoms with Crippen LogP contribution in [-0.4, -0.2) is 19.9 Å². The van der Waals surface area contributed by atoms with Crippen molar-refractivity contribution < 1.29 is 0 Å². The first-order chi connectivity index (χ1) is 9.79. The zero-order valence-corrected chi connectivity index (χ0v) is 12.3. The van der Waals surface area contributed by atoms with Gasteiger partial charge >= 0.3 is 0 Å². The van der Waals surface area contributed by atoms with E-state index in [0.29, 0.717) is 0 Å². The number of nitrogens with one attached hydrogen (secondary N) is 1. The van der Waals surface area contributed by atoms with Crippen LogP contribution in [0.1, 0.15) is 5.56 Å². The van der Waals surface area contributed by atoms with Crippen LogP contribution in [0.2, 0.25) is 0 Å². The van der Waals surface area contributed by atoms with E-state index >= 15 is 0 Å². The fourth-order valence-corrected chi connectivity index (χ4v) is 3.75. The van der Waals surface area contributed by atoms with E-state index in [2.05, 4.69) is 45.1 Å². The Hall–Kier alpha value is -1.92. The molecule has 6 heteroatoms. The average Bonchev–Trinajstić information content (AvgIpc) is 3.04. The third kappa shape index (κ3) is 1.97. The number of nitrogens with zero attached hydrogens (tertiary/aromatic N) is 3. The summed E-state index contributed by atoms with van der Waals surface area (Å²) in [6.07, 6.45) is 1.61. The molecule has 0 atom stereocenters. The molecule has 3 aromatic heterocycles. The standard InChI is InChI=1S/C14H10N4S2/c1-8-2-3-10-11(6-8)18-14(17-10)20-13-9-4-5-19-12(9)15-7-16-13/h2-7H,1H3,(H,17,18). The third-order valence-corrected chi connectivity index (χ3v) is 4.76. The number of rotatable bonds is 2. The lowest BCUT2D eigenvalue weighted by Crippen LogP contribution is -1.83. The van der Waals surface area contributed by atoms with Crippen molar-refractivity contribution in [2.45, 2.75) is 17.1 Å². The molecule has 0 radical (unpaired) electrons. The summed E-state index contributed by atoms with van der Waals surface area (Å²) < 4.78 is 0. The summed E-state index contributed by atoms with van der Waals surface area (Å²) in [5, 5.41) is 4.91. The number of hydrogen-bond donors (Lipinski definition) is 1. The molecule has 0 fully saturated rings. The Morgan fingerprint density at radius 2 is 2.15 bits per heavy atom. The van der Waals surface area contributed by atoms with Crippen LogP contribution in [0.4, 0.5) is 0 Å². The molecular formula is C14H10N4S2. The lowest BCUT2D eigenvalue weighted by Gasteiger charge is -1.97. The van der Waals surface area contributed by atoms with Gasteiger partial charge in [-0.15, -0.1) is 11.3 Å². The first-order valence-electron chi connectivity index (χ1n) is 6.12. The van der Waals surface area contributed by atoms with E-state index in [4.69, 9.17) is 0 Å².